The molecule has 0 bridgehead atoms. The van der Waals surface area contributed by atoms with Gasteiger partial charge in [-0.05, 0) is 30.9 Å². The van der Waals surface area contributed by atoms with Crippen molar-refractivity contribution in [3.05, 3.63) is 41.8 Å². The SMILES string of the molecule is O=C(NCC1CCOCC1)c1cc(COC2Oc3ccccc3O2)on1. The quantitative estimate of drug-likeness (QED) is 0.843. The molecule has 1 saturated heterocycles. The van der Waals surface area contributed by atoms with Crippen molar-refractivity contribution in [3.8, 4) is 11.5 Å². The Morgan fingerprint density at radius 1 is 1.19 bits per heavy atom. The highest BCUT2D eigenvalue weighted by Crippen LogP contribution is 2.34. The van der Waals surface area contributed by atoms with Crippen molar-refractivity contribution in [2.45, 2.75) is 25.9 Å². The molecular formula is C18H20N2O6. The van der Waals surface area contributed by atoms with Crippen molar-refractivity contribution >= 4 is 5.91 Å². The molecule has 2 aliphatic rings. The number of carbonyl (C=O) groups excluding carboxylic acids is 1. The molecule has 4 rings (SSSR count). The Labute approximate surface area is 150 Å². The summed E-state index contributed by atoms with van der Waals surface area (Å²) >= 11 is 0. The van der Waals surface area contributed by atoms with Gasteiger partial charge in [-0.2, -0.15) is 0 Å². The number of aromatic nitrogens is 1. The lowest BCUT2D eigenvalue weighted by Crippen LogP contribution is -2.32. The van der Waals surface area contributed by atoms with Crippen molar-refractivity contribution in [1.29, 1.82) is 0 Å². The van der Waals surface area contributed by atoms with Crippen molar-refractivity contribution in [1.82, 2.24) is 10.5 Å². The van der Waals surface area contributed by atoms with Crippen LogP contribution >= 0.6 is 0 Å². The summed E-state index contributed by atoms with van der Waals surface area (Å²) in [5, 5.41) is 6.68. The van der Waals surface area contributed by atoms with E-state index < -0.39 is 6.48 Å². The molecule has 2 aliphatic heterocycles. The van der Waals surface area contributed by atoms with Gasteiger partial charge in [0.2, 0.25) is 0 Å². The van der Waals surface area contributed by atoms with Crippen LogP contribution in [0.5, 0.6) is 11.5 Å². The molecule has 0 aliphatic carbocycles. The number of para-hydroxylation sites is 2. The molecule has 3 heterocycles. The fourth-order valence-electron chi connectivity index (χ4n) is 2.86. The Bertz CT molecular complexity index is 731. The van der Waals surface area contributed by atoms with Crippen LogP contribution in [0.1, 0.15) is 29.1 Å². The molecule has 26 heavy (non-hydrogen) atoms. The maximum atomic E-state index is 12.2. The van der Waals surface area contributed by atoms with Gasteiger partial charge in [0.15, 0.2) is 23.0 Å². The van der Waals surface area contributed by atoms with E-state index in [2.05, 4.69) is 10.5 Å². The van der Waals surface area contributed by atoms with Gasteiger partial charge in [-0.3, -0.25) is 4.79 Å². The number of nitrogens with zero attached hydrogens (tertiary/aromatic N) is 1. The topological polar surface area (TPSA) is 92.1 Å². The van der Waals surface area contributed by atoms with Gasteiger partial charge >= 0.3 is 6.48 Å². The summed E-state index contributed by atoms with van der Waals surface area (Å²) in [6.07, 6.45) is 1.92. The Balaban J connectivity index is 1.23. The van der Waals surface area contributed by atoms with E-state index in [9.17, 15) is 4.79 Å². The average molecular weight is 360 g/mol. The van der Waals surface area contributed by atoms with Crippen molar-refractivity contribution in [3.63, 3.8) is 0 Å². The fourth-order valence-corrected chi connectivity index (χ4v) is 2.86. The van der Waals surface area contributed by atoms with Crippen LogP contribution in [0.4, 0.5) is 0 Å². The smallest absolute Gasteiger partial charge is 0.361 e. The lowest BCUT2D eigenvalue weighted by atomic mass is 10.0. The van der Waals surface area contributed by atoms with Crippen molar-refractivity contribution in [2.24, 2.45) is 5.92 Å². The second-order valence-corrected chi connectivity index (χ2v) is 6.23. The first-order chi connectivity index (χ1) is 12.8. The third kappa shape index (κ3) is 3.97. The average Bonchev–Trinajstić information content (AvgIpc) is 3.31. The predicted molar refractivity (Wildman–Crippen MR) is 88.7 cm³/mol. The zero-order valence-electron chi connectivity index (χ0n) is 14.2. The molecule has 0 saturated carbocycles. The van der Waals surface area contributed by atoms with E-state index in [1.54, 1.807) is 18.2 Å². The largest absolute Gasteiger partial charge is 0.428 e. The van der Waals surface area contributed by atoms with E-state index in [1.807, 2.05) is 12.1 Å². The van der Waals surface area contributed by atoms with Crippen LogP contribution in [0.3, 0.4) is 0 Å². The van der Waals surface area contributed by atoms with Crippen LogP contribution in [0.15, 0.2) is 34.9 Å². The van der Waals surface area contributed by atoms with E-state index in [-0.39, 0.29) is 18.2 Å². The molecule has 1 aromatic carbocycles. The Morgan fingerprint density at radius 2 is 1.92 bits per heavy atom. The van der Waals surface area contributed by atoms with Gasteiger partial charge in [0.1, 0.15) is 6.61 Å². The monoisotopic (exact) mass is 360 g/mol. The molecule has 2 aromatic rings. The summed E-state index contributed by atoms with van der Waals surface area (Å²) in [4.78, 5) is 12.2. The number of carbonyl (C=O) groups is 1. The molecule has 8 heteroatoms. The molecule has 1 fully saturated rings. The second kappa shape index (κ2) is 7.76. The number of amides is 1. The number of hydrogen-bond acceptors (Lipinski definition) is 7. The van der Waals surface area contributed by atoms with Crippen molar-refractivity contribution < 1.29 is 28.3 Å². The number of fused-ring (bicyclic) bond motifs is 1. The number of hydrogen-bond donors (Lipinski definition) is 1. The Morgan fingerprint density at radius 3 is 2.65 bits per heavy atom. The van der Waals surface area contributed by atoms with Gasteiger partial charge in [-0.1, -0.05) is 17.3 Å². The third-order valence-corrected chi connectivity index (χ3v) is 4.34. The highest BCUT2D eigenvalue weighted by atomic mass is 16.9. The Kier molecular flexibility index (Phi) is 5.03. The minimum absolute atomic E-state index is 0.0822. The highest BCUT2D eigenvalue weighted by Gasteiger charge is 2.25. The maximum absolute atomic E-state index is 12.2. The van der Waals surface area contributed by atoms with Gasteiger partial charge in [0, 0.05) is 25.8 Å². The summed E-state index contributed by atoms with van der Waals surface area (Å²) in [6, 6.07) is 8.86. The lowest BCUT2D eigenvalue weighted by molar-refractivity contribution is -0.187. The van der Waals surface area contributed by atoms with Crippen LogP contribution in [0.2, 0.25) is 0 Å². The van der Waals surface area contributed by atoms with Crippen LogP contribution in [-0.2, 0) is 16.1 Å². The normalized spacial score (nSPS) is 17.4. The van der Waals surface area contributed by atoms with E-state index >= 15 is 0 Å². The molecule has 0 spiro atoms. The molecule has 1 aromatic heterocycles. The van der Waals surface area contributed by atoms with Crippen LogP contribution in [0, 0.1) is 5.92 Å². The van der Waals surface area contributed by atoms with Gasteiger partial charge in [-0.15, -0.1) is 0 Å². The summed E-state index contributed by atoms with van der Waals surface area (Å²) in [5.74, 6) is 1.86. The van der Waals surface area contributed by atoms with Gasteiger partial charge < -0.3 is 28.8 Å². The number of rotatable bonds is 6. The fraction of sp³-hybridized carbons (Fsp3) is 0.444. The first-order valence-electron chi connectivity index (χ1n) is 8.63. The third-order valence-electron chi connectivity index (χ3n) is 4.34. The minimum atomic E-state index is -0.844. The number of nitrogens with one attached hydrogen (secondary N) is 1. The lowest BCUT2D eigenvalue weighted by Gasteiger charge is -2.21. The van der Waals surface area contributed by atoms with E-state index in [1.165, 1.54) is 0 Å². The first kappa shape index (κ1) is 16.9. The first-order valence-corrected chi connectivity index (χ1v) is 8.63. The molecule has 8 nitrogen and oxygen atoms in total. The predicted octanol–water partition coefficient (Wildman–Crippen LogP) is 2.10. The summed E-state index contributed by atoms with van der Waals surface area (Å²) < 4.78 is 26.9. The summed E-state index contributed by atoms with van der Waals surface area (Å²) in [6.45, 7) is 1.35. The summed E-state index contributed by atoms with van der Waals surface area (Å²) in [5.41, 5.74) is 0.229. The van der Waals surface area contributed by atoms with Crippen molar-refractivity contribution in [2.75, 3.05) is 19.8 Å². The van der Waals surface area contributed by atoms with Gasteiger partial charge in [0.05, 0.1) is 0 Å². The zero-order valence-corrected chi connectivity index (χ0v) is 14.2. The maximum Gasteiger partial charge on any atom is 0.361 e. The zero-order chi connectivity index (χ0) is 17.8. The van der Waals surface area contributed by atoms with Crippen LogP contribution in [0.25, 0.3) is 0 Å². The van der Waals surface area contributed by atoms with E-state index in [0.717, 1.165) is 26.1 Å². The molecule has 0 unspecified atom stereocenters. The summed E-state index contributed by atoms with van der Waals surface area (Å²) in [7, 11) is 0. The molecule has 1 amide bonds. The molecule has 0 atom stereocenters. The molecule has 138 valence electrons. The number of ether oxygens (including phenoxy) is 4. The Hall–Kier alpha value is -2.58. The van der Waals surface area contributed by atoms with Crippen LogP contribution in [-0.4, -0.2) is 37.3 Å². The van der Waals surface area contributed by atoms with Gasteiger partial charge in [-0.25, -0.2) is 0 Å². The van der Waals surface area contributed by atoms with Crippen LogP contribution < -0.4 is 14.8 Å². The molecule has 0 radical (unpaired) electrons. The number of benzene rings is 1. The standard InChI is InChI=1S/C18H20N2O6/c21-17(19-10-12-5-7-22-8-6-12)14-9-13(26-20-14)11-23-18-24-15-3-1-2-4-16(15)25-18/h1-4,9,12,18H,5-8,10-11H2,(H,19,21). The van der Waals surface area contributed by atoms with E-state index in [0.29, 0.717) is 29.7 Å². The van der Waals surface area contributed by atoms with Gasteiger partial charge in [0.25, 0.3) is 5.91 Å². The molecular weight excluding hydrogens is 340 g/mol. The minimum Gasteiger partial charge on any atom is -0.428 e. The van der Waals surface area contributed by atoms with E-state index in [4.69, 9.17) is 23.5 Å². The highest BCUT2D eigenvalue weighted by molar-refractivity contribution is 5.92. The second-order valence-electron chi connectivity index (χ2n) is 6.23. The molecule has 1 N–H and O–H groups in total.